The third-order valence-corrected chi connectivity index (χ3v) is 3.25. The lowest BCUT2D eigenvalue weighted by Gasteiger charge is -2.18. The first kappa shape index (κ1) is 14.9. The molecule has 0 bridgehead atoms. The van der Waals surface area contributed by atoms with Crippen molar-refractivity contribution in [2.24, 2.45) is 0 Å². The van der Waals surface area contributed by atoms with Gasteiger partial charge in [-0.05, 0) is 35.9 Å². The third-order valence-electron chi connectivity index (χ3n) is 2.76. The highest BCUT2D eigenvalue weighted by atomic mass is 79.9. The number of rotatable bonds is 4. The molecular formula is C14H11BrF3NO. The van der Waals surface area contributed by atoms with Gasteiger partial charge in [-0.15, -0.1) is 0 Å². The standard InChI is InChI=1S/C14H11BrF3NO/c15-9-2-1-3-10(6-9)19-13(7-20)8-4-11(16)14(18)12(17)5-8/h1-6,13,19-20H,7H2. The fourth-order valence-corrected chi connectivity index (χ4v) is 2.19. The van der Waals surface area contributed by atoms with Crippen LogP contribution in [0.15, 0.2) is 40.9 Å². The maximum absolute atomic E-state index is 13.2. The molecule has 20 heavy (non-hydrogen) atoms. The number of anilines is 1. The van der Waals surface area contributed by atoms with E-state index in [4.69, 9.17) is 0 Å². The summed E-state index contributed by atoms with van der Waals surface area (Å²) in [5, 5.41) is 12.3. The Balaban J connectivity index is 2.29. The quantitative estimate of drug-likeness (QED) is 0.820. The van der Waals surface area contributed by atoms with Gasteiger partial charge in [0.05, 0.1) is 12.6 Å². The molecule has 2 aromatic rings. The second-order valence-electron chi connectivity index (χ2n) is 4.19. The molecule has 0 heterocycles. The molecule has 2 rings (SSSR count). The summed E-state index contributed by atoms with van der Waals surface area (Å²) in [6.07, 6.45) is 0. The van der Waals surface area contributed by atoms with Gasteiger partial charge in [-0.25, -0.2) is 13.2 Å². The minimum Gasteiger partial charge on any atom is -0.394 e. The van der Waals surface area contributed by atoms with Crippen LogP contribution in [0.1, 0.15) is 11.6 Å². The molecule has 0 amide bonds. The van der Waals surface area contributed by atoms with E-state index in [1.165, 1.54) is 0 Å². The van der Waals surface area contributed by atoms with E-state index >= 15 is 0 Å². The summed E-state index contributed by atoms with van der Waals surface area (Å²) < 4.78 is 40.1. The molecule has 0 aliphatic carbocycles. The molecule has 0 fully saturated rings. The van der Waals surface area contributed by atoms with Gasteiger partial charge >= 0.3 is 0 Å². The van der Waals surface area contributed by atoms with Gasteiger partial charge in [0.15, 0.2) is 17.5 Å². The van der Waals surface area contributed by atoms with Gasteiger partial charge in [0, 0.05) is 10.2 Å². The van der Waals surface area contributed by atoms with Crippen molar-refractivity contribution in [2.45, 2.75) is 6.04 Å². The molecule has 0 aliphatic heterocycles. The van der Waals surface area contributed by atoms with Gasteiger partial charge in [-0.3, -0.25) is 0 Å². The molecule has 106 valence electrons. The number of hydrogen-bond donors (Lipinski definition) is 2. The summed E-state index contributed by atoms with van der Waals surface area (Å²) in [4.78, 5) is 0. The predicted octanol–water partition coefficient (Wildman–Crippen LogP) is 4.01. The molecule has 0 saturated heterocycles. The van der Waals surface area contributed by atoms with E-state index in [0.29, 0.717) is 5.69 Å². The molecule has 6 heteroatoms. The zero-order valence-corrected chi connectivity index (χ0v) is 11.8. The molecule has 1 unspecified atom stereocenters. The first-order chi connectivity index (χ1) is 9.51. The molecule has 0 aromatic heterocycles. The van der Waals surface area contributed by atoms with E-state index in [-0.39, 0.29) is 5.56 Å². The molecule has 0 aliphatic rings. The van der Waals surface area contributed by atoms with Gasteiger partial charge in [-0.2, -0.15) is 0 Å². The first-order valence-corrected chi connectivity index (χ1v) is 6.58. The van der Waals surface area contributed by atoms with Crippen LogP contribution in [-0.4, -0.2) is 11.7 Å². The Bertz CT molecular complexity index is 598. The lowest BCUT2D eigenvalue weighted by atomic mass is 10.1. The van der Waals surface area contributed by atoms with Gasteiger partial charge in [0.1, 0.15) is 0 Å². The number of benzene rings is 2. The summed E-state index contributed by atoms with van der Waals surface area (Å²) in [5.74, 6) is -4.09. The van der Waals surface area contributed by atoms with Crippen LogP contribution in [0.2, 0.25) is 0 Å². The Kier molecular flexibility index (Phi) is 4.67. The predicted molar refractivity (Wildman–Crippen MR) is 73.9 cm³/mol. The van der Waals surface area contributed by atoms with Crippen molar-refractivity contribution in [2.75, 3.05) is 11.9 Å². The summed E-state index contributed by atoms with van der Waals surface area (Å²) >= 11 is 3.29. The smallest absolute Gasteiger partial charge is 0.194 e. The summed E-state index contributed by atoms with van der Waals surface area (Å²) in [7, 11) is 0. The first-order valence-electron chi connectivity index (χ1n) is 5.78. The molecular weight excluding hydrogens is 335 g/mol. The van der Waals surface area contributed by atoms with Gasteiger partial charge < -0.3 is 10.4 Å². The largest absolute Gasteiger partial charge is 0.394 e. The van der Waals surface area contributed by atoms with Crippen molar-refractivity contribution >= 4 is 21.6 Å². The van der Waals surface area contributed by atoms with Crippen molar-refractivity contribution < 1.29 is 18.3 Å². The van der Waals surface area contributed by atoms with Crippen molar-refractivity contribution in [3.8, 4) is 0 Å². The average Bonchev–Trinajstić information content (AvgIpc) is 2.41. The minimum absolute atomic E-state index is 0.129. The van der Waals surface area contributed by atoms with Crippen molar-refractivity contribution in [1.29, 1.82) is 0 Å². The SMILES string of the molecule is OCC(Nc1cccc(Br)c1)c1cc(F)c(F)c(F)c1. The summed E-state index contributed by atoms with van der Waals surface area (Å²) in [6, 6.07) is 8.06. The van der Waals surface area contributed by atoms with Crippen LogP contribution in [0.5, 0.6) is 0 Å². The van der Waals surface area contributed by atoms with E-state index < -0.39 is 30.1 Å². The Morgan fingerprint density at radius 2 is 1.75 bits per heavy atom. The number of aliphatic hydroxyl groups is 1. The number of aliphatic hydroxyl groups excluding tert-OH is 1. The fraction of sp³-hybridized carbons (Fsp3) is 0.143. The number of nitrogens with one attached hydrogen (secondary N) is 1. The van der Waals surface area contributed by atoms with Crippen molar-refractivity contribution in [3.63, 3.8) is 0 Å². The zero-order valence-electron chi connectivity index (χ0n) is 10.2. The maximum Gasteiger partial charge on any atom is 0.194 e. The highest BCUT2D eigenvalue weighted by molar-refractivity contribution is 9.10. The zero-order chi connectivity index (χ0) is 14.7. The second kappa shape index (κ2) is 6.28. The molecule has 0 radical (unpaired) electrons. The van der Waals surface area contributed by atoms with Crippen LogP contribution in [0.4, 0.5) is 18.9 Å². The van der Waals surface area contributed by atoms with Crippen LogP contribution in [0.25, 0.3) is 0 Å². The Morgan fingerprint density at radius 3 is 2.30 bits per heavy atom. The Morgan fingerprint density at radius 1 is 1.10 bits per heavy atom. The van der Waals surface area contributed by atoms with E-state index in [0.717, 1.165) is 16.6 Å². The van der Waals surface area contributed by atoms with Gasteiger partial charge in [0.2, 0.25) is 0 Å². The van der Waals surface area contributed by atoms with Gasteiger partial charge in [-0.1, -0.05) is 22.0 Å². The van der Waals surface area contributed by atoms with E-state index in [2.05, 4.69) is 21.2 Å². The molecule has 2 aromatic carbocycles. The molecule has 1 atom stereocenters. The molecule has 2 nitrogen and oxygen atoms in total. The highest BCUT2D eigenvalue weighted by Gasteiger charge is 2.17. The summed E-state index contributed by atoms with van der Waals surface area (Å²) in [5.41, 5.74) is 0.785. The maximum atomic E-state index is 13.2. The molecule has 0 spiro atoms. The normalized spacial score (nSPS) is 12.2. The Hall–Kier alpha value is -1.53. The average molecular weight is 346 g/mol. The van der Waals surface area contributed by atoms with E-state index in [1.807, 2.05) is 6.07 Å². The van der Waals surface area contributed by atoms with Gasteiger partial charge in [0.25, 0.3) is 0 Å². The number of hydrogen-bond acceptors (Lipinski definition) is 2. The van der Waals surface area contributed by atoms with Crippen LogP contribution in [0, 0.1) is 17.5 Å². The third kappa shape index (κ3) is 3.32. The van der Waals surface area contributed by atoms with Crippen molar-refractivity contribution in [3.05, 3.63) is 63.9 Å². The Labute approximate surface area is 122 Å². The highest BCUT2D eigenvalue weighted by Crippen LogP contribution is 2.24. The van der Waals surface area contributed by atoms with Crippen LogP contribution in [-0.2, 0) is 0 Å². The fourth-order valence-electron chi connectivity index (χ4n) is 1.79. The summed E-state index contributed by atoms with van der Waals surface area (Å²) in [6.45, 7) is -0.392. The van der Waals surface area contributed by atoms with E-state index in [9.17, 15) is 18.3 Å². The lowest BCUT2D eigenvalue weighted by Crippen LogP contribution is -2.15. The van der Waals surface area contributed by atoms with Crippen molar-refractivity contribution in [1.82, 2.24) is 0 Å². The molecule has 2 N–H and O–H groups in total. The van der Waals surface area contributed by atoms with Crippen LogP contribution >= 0.6 is 15.9 Å². The van der Waals surface area contributed by atoms with E-state index in [1.54, 1.807) is 18.2 Å². The lowest BCUT2D eigenvalue weighted by molar-refractivity contribution is 0.275. The number of halogens is 4. The molecule has 0 saturated carbocycles. The topological polar surface area (TPSA) is 32.3 Å². The monoisotopic (exact) mass is 345 g/mol. The second-order valence-corrected chi connectivity index (χ2v) is 5.10. The van der Waals surface area contributed by atoms with Crippen LogP contribution in [0.3, 0.4) is 0 Å². The van der Waals surface area contributed by atoms with Crippen LogP contribution < -0.4 is 5.32 Å². The minimum atomic E-state index is -1.52.